The third kappa shape index (κ3) is 3.19. The van der Waals surface area contributed by atoms with Crippen LogP contribution in [0.25, 0.3) is 21.5 Å². The van der Waals surface area contributed by atoms with Crippen molar-refractivity contribution in [1.82, 2.24) is 15.0 Å². The first kappa shape index (κ1) is 16.3. The minimum Gasteiger partial charge on any atom is -0.440 e. The maximum absolute atomic E-state index is 5.90. The molecule has 4 aromatic rings. The highest BCUT2D eigenvalue weighted by Gasteiger charge is 2.15. The second kappa shape index (κ2) is 6.61. The molecule has 0 N–H and O–H groups in total. The Morgan fingerprint density at radius 1 is 1.08 bits per heavy atom. The van der Waals surface area contributed by atoms with Gasteiger partial charge in [-0.05, 0) is 26.3 Å². The Kier molecular flexibility index (Phi) is 4.31. The highest BCUT2D eigenvalue weighted by molar-refractivity contribution is 7.98. The Balaban J connectivity index is 1.60. The van der Waals surface area contributed by atoms with Gasteiger partial charge in [0.25, 0.3) is 0 Å². The van der Waals surface area contributed by atoms with Crippen molar-refractivity contribution < 1.29 is 4.42 Å². The van der Waals surface area contributed by atoms with E-state index in [2.05, 4.69) is 28.8 Å². The molecule has 126 valence electrons. The molecular formula is C19H17N3OS2. The van der Waals surface area contributed by atoms with Crippen LogP contribution in [-0.4, -0.2) is 15.0 Å². The van der Waals surface area contributed by atoms with Crippen molar-refractivity contribution >= 4 is 33.3 Å². The first-order valence-electron chi connectivity index (χ1n) is 7.99. The van der Waals surface area contributed by atoms with Crippen LogP contribution in [0.2, 0.25) is 0 Å². The Hall–Kier alpha value is -2.18. The Bertz CT molecular complexity index is 1040. The van der Waals surface area contributed by atoms with Crippen molar-refractivity contribution in [2.75, 3.05) is 0 Å². The van der Waals surface area contributed by atoms with E-state index in [4.69, 9.17) is 4.42 Å². The lowest BCUT2D eigenvalue weighted by molar-refractivity contribution is 0.530. The molecule has 0 aliphatic rings. The molecule has 4 nitrogen and oxygen atoms in total. The molecule has 0 aliphatic heterocycles. The van der Waals surface area contributed by atoms with Crippen molar-refractivity contribution in [3.05, 3.63) is 58.7 Å². The van der Waals surface area contributed by atoms with E-state index in [0.29, 0.717) is 11.6 Å². The summed E-state index contributed by atoms with van der Waals surface area (Å²) in [6.07, 6.45) is 1.78. The monoisotopic (exact) mass is 367 g/mol. The molecule has 0 saturated carbocycles. The Labute approximate surface area is 154 Å². The molecule has 0 atom stereocenters. The molecule has 0 fully saturated rings. The molecule has 25 heavy (non-hydrogen) atoms. The van der Waals surface area contributed by atoms with Gasteiger partial charge in [0.05, 0.1) is 11.9 Å². The van der Waals surface area contributed by atoms with Crippen molar-refractivity contribution in [2.24, 2.45) is 0 Å². The summed E-state index contributed by atoms with van der Waals surface area (Å²) in [7, 11) is 0. The summed E-state index contributed by atoms with van der Waals surface area (Å²) in [6.45, 7) is 6.20. The van der Waals surface area contributed by atoms with Crippen LogP contribution >= 0.6 is 23.1 Å². The van der Waals surface area contributed by atoms with Gasteiger partial charge >= 0.3 is 0 Å². The summed E-state index contributed by atoms with van der Waals surface area (Å²) < 4.78 is 5.90. The number of nitrogens with zero attached hydrogens (tertiary/aromatic N) is 3. The normalized spacial score (nSPS) is 11.3. The van der Waals surface area contributed by atoms with Gasteiger partial charge in [0.1, 0.15) is 15.7 Å². The van der Waals surface area contributed by atoms with Crippen molar-refractivity contribution in [1.29, 1.82) is 0 Å². The largest absolute Gasteiger partial charge is 0.440 e. The zero-order valence-electron chi connectivity index (χ0n) is 14.2. The first-order chi connectivity index (χ1) is 12.1. The van der Waals surface area contributed by atoms with Gasteiger partial charge < -0.3 is 4.42 Å². The average molecular weight is 367 g/mol. The van der Waals surface area contributed by atoms with E-state index < -0.39 is 0 Å². The fraction of sp³-hybridized carbons (Fsp3) is 0.211. The molecule has 4 rings (SSSR count). The third-order valence-corrected chi connectivity index (χ3v) is 6.11. The molecule has 0 spiro atoms. The summed E-state index contributed by atoms with van der Waals surface area (Å²) in [5, 5.41) is 2.16. The van der Waals surface area contributed by atoms with Gasteiger partial charge in [0.15, 0.2) is 5.76 Å². The SMILES string of the molecule is Cc1nc(SCc2ncc(-c3ccccc3)o2)c2c(C)c(C)sc2n1. The average Bonchev–Trinajstić information content (AvgIpc) is 3.19. The molecule has 3 heterocycles. The fourth-order valence-electron chi connectivity index (χ4n) is 2.66. The van der Waals surface area contributed by atoms with Gasteiger partial charge in [-0.25, -0.2) is 15.0 Å². The van der Waals surface area contributed by atoms with Crippen molar-refractivity contribution in [3.8, 4) is 11.3 Å². The molecule has 0 aliphatic carbocycles. The lowest BCUT2D eigenvalue weighted by atomic mass is 10.2. The lowest BCUT2D eigenvalue weighted by Gasteiger charge is -2.03. The van der Waals surface area contributed by atoms with Gasteiger partial charge in [-0.2, -0.15) is 0 Å². The van der Waals surface area contributed by atoms with Gasteiger partial charge in [-0.3, -0.25) is 0 Å². The summed E-state index contributed by atoms with van der Waals surface area (Å²) in [4.78, 5) is 16.0. The van der Waals surface area contributed by atoms with Crippen LogP contribution in [0.1, 0.15) is 22.2 Å². The molecular weight excluding hydrogens is 350 g/mol. The molecule has 0 saturated heterocycles. The highest BCUT2D eigenvalue weighted by atomic mass is 32.2. The van der Waals surface area contributed by atoms with Gasteiger partial charge in [0, 0.05) is 15.8 Å². The number of rotatable bonds is 4. The minimum absolute atomic E-state index is 0.646. The second-order valence-corrected chi connectivity index (χ2v) is 7.98. The van der Waals surface area contributed by atoms with Gasteiger partial charge in [-0.1, -0.05) is 42.1 Å². The number of benzene rings is 1. The number of oxazole rings is 1. The van der Waals surface area contributed by atoms with Gasteiger partial charge in [0.2, 0.25) is 5.89 Å². The van der Waals surface area contributed by atoms with Gasteiger partial charge in [-0.15, -0.1) is 11.3 Å². The van der Waals surface area contributed by atoms with E-state index in [-0.39, 0.29) is 0 Å². The van der Waals surface area contributed by atoms with Crippen LogP contribution < -0.4 is 0 Å². The summed E-state index contributed by atoms with van der Waals surface area (Å²) in [5.41, 5.74) is 2.30. The van der Waals surface area contributed by atoms with Crippen LogP contribution in [-0.2, 0) is 5.75 Å². The predicted octanol–water partition coefficient (Wildman–Crippen LogP) is 5.56. The molecule has 0 amide bonds. The Morgan fingerprint density at radius 2 is 1.88 bits per heavy atom. The topological polar surface area (TPSA) is 51.8 Å². The molecule has 6 heteroatoms. The van der Waals surface area contributed by atoms with E-state index >= 15 is 0 Å². The summed E-state index contributed by atoms with van der Waals surface area (Å²) in [5.74, 6) is 2.95. The molecule has 0 bridgehead atoms. The van der Waals surface area contributed by atoms with E-state index in [1.807, 2.05) is 37.3 Å². The maximum atomic E-state index is 5.90. The number of thioether (sulfide) groups is 1. The molecule has 1 aromatic carbocycles. The zero-order valence-corrected chi connectivity index (χ0v) is 15.9. The van der Waals surface area contributed by atoms with Crippen LogP contribution in [0.15, 0.2) is 46.0 Å². The quantitative estimate of drug-likeness (QED) is 0.349. The van der Waals surface area contributed by atoms with Crippen LogP contribution in [0.3, 0.4) is 0 Å². The molecule has 0 radical (unpaired) electrons. The summed E-state index contributed by atoms with van der Waals surface area (Å²) in [6, 6.07) is 10.0. The highest BCUT2D eigenvalue weighted by Crippen LogP contribution is 2.36. The number of aryl methyl sites for hydroxylation is 3. The number of hydrogen-bond acceptors (Lipinski definition) is 6. The van der Waals surface area contributed by atoms with E-state index in [1.54, 1.807) is 29.3 Å². The summed E-state index contributed by atoms with van der Waals surface area (Å²) >= 11 is 3.38. The van der Waals surface area contributed by atoms with Crippen molar-refractivity contribution in [3.63, 3.8) is 0 Å². The third-order valence-electron chi connectivity index (χ3n) is 4.05. The van der Waals surface area contributed by atoms with E-state index in [9.17, 15) is 0 Å². The van der Waals surface area contributed by atoms with Crippen LogP contribution in [0.4, 0.5) is 0 Å². The number of fused-ring (bicyclic) bond motifs is 1. The lowest BCUT2D eigenvalue weighted by Crippen LogP contribution is -1.92. The van der Waals surface area contributed by atoms with Crippen molar-refractivity contribution in [2.45, 2.75) is 31.6 Å². The minimum atomic E-state index is 0.646. The molecule has 0 unspecified atom stereocenters. The Morgan fingerprint density at radius 3 is 2.68 bits per heavy atom. The fourth-order valence-corrected chi connectivity index (χ4v) is 4.79. The smallest absolute Gasteiger partial charge is 0.205 e. The number of aromatic nitrogens is 3. The second-order valence-electron chi connectivity index (χ2n) is 5.81. The van der Waals surface area contributed by atoms with Crippen LogP contribution in [0.5, 0.6) is 0 Å². The standard InChI is InChI=1S/C19H17N3OS2/c1-11-12(2)25-19-17(11)18(21-13(3)22-19)24-10-16-20-9-15(23-16)14-7-5-4-6-8-14/h4-9H,10H2,1-3H3. The van der Waals surface area contributed by atoms with Crippen LogP contribution in [0, 0.1) is 20.8 Å². The van der Waals surface area contributed by atoms with E-state index in [0.717, 1.165) is 32.4 Å². The number of hydrogen-bond donors (Lipinski definition) is 0. The zero-order chi connectivity index (χ0) is 17.4. The predicted molar refractivity (Wildman–Crippen MR) is 103 cm³/mol. The number of thiophene rings is 1. The maximum Gasteiger partial charge on any atom is 0.205 e. The van der Waals surface area contributed by atoms with E-state index in [1.165, 1.54) is 10.4 Å². The molecule has 3 aromatic heterocycles. The first-order valence-corrected chi connectivity index (χ1v) is 9.79.